The molecule has 0 aromatic heterocycles. The highest BCUT2D eigenvalue weighted by Gasteiger charge is 2.27. The largest absolute Gasteiger partial charge is 0.390 e. The highest BCUT2D eigenvalue weighted by molar-refractivity contribution is 5.28. The zero-order chi connectivity index (χ0) is 15.2. The second-order valence-corrected chi connectivity index (χ2v) is 5.15. The Labute approximate surface area is 119 Å². The fourth-order valence-corrected chi connectivity index (χ4v) is 2.21. The normalized spacial score (nSPS) is 13.8. The van der Waals surface area contributed by atoms with Gasteiger partial charge in [0, 0.05) is 12.6 Å². The van der Waals surface area contributed by atoms with Crippen LogP contribution >= 0.6 is 0 Å². The zero-order valence-corrected chi connectivity index (χ0v) is 12.3. The van der Waals surface area contributed by atoms with Crippen molar-refractivity contribution in [3.05, 3.63) is 35.4 Å². The van der Waals surface area contributed by atoms with E-state index >= 15 is 0 Å². The third kappa shape index (κ3) is 5.92. The van der Waals surface area contributed by atoms with E-state index in [0.29, 0.717) is 6.54 Å². The summed E-state index contributed by atoms with van der Waals surface area (Å²) in [6.45, 7) is 2.73. The van der Waals surface area contributed by atoms with Gasteiger partial charge in [-0.3, -0.25) is 0 Å². The number of hydrogen-bond acceptors (Lipinski definition) is 2. The van der Waals surface area contributed by atoms with Crippen LogP contribution in [0.2, 0.25) is 0 Å². The molecule has 1 rings (SSSR count). The van der Waals surface area contributed by atoms with Crippen molar-refractivity contribution in [3.8, 4) is 0 Å². The first-order chi connectivity index (χ1) is 9.33. The molecule has 1 atom stereocenters. The lowest BCUT2D eigenvalue weighted by atomic mass is 9.99. The van der Waals surface area contributed by atoms with Gasteiger partial charge in [0.25, 0.3) is 0 Å². The van der Waals surface area contributed by atoms with Crippen molar-refractivity contribution in [1.29, 1.82) is 0 Å². The van der Waals surface area contributed by atoms with E-state index in [0.717, 1.165) is 6.42 Å². The summed E-state index contributed by atoms with van der Waals surface area (Å²) < 4.78 is 36.5. The lowest BCUT2D eigenvalue weighted by Crippen LogP contribution is -2.28. The molecular weight excluding hydrogens is 265 g/mol. The van der Waals surface area contributed by atoms with E-state index in [4.69, 9.17) is 0 Å². The average molecular weight is 288 g/mol. The molecule has 1 N–H and O–H groups in total. The molecule has 114 valence electrons. The Balaban J connectivity index is 2.48. The second kappa shape index (κ2) is 7.64. The molecule has 5 heteroatoms. The molecule has 0 spiro atoms. The number of alkyl halides is 3. The van der Waals surface area contributed by atoms with Gasteiger partial charge in [0.05, 0.1) is 6.42 Å². The number of halogens is 3. The lowest BCUT2D eigenvalue weighted by Gasteiger charge is -2.23. The van der Waals surface area contributed by atoms with Gasteiger partial charge < -0.3 is 10.2 Å². The molecule has 0 saturated carbocycles. The summed E-state index contributed by atoms with van der Waals surface area (Å²) in [7, 11) is 3.61. The van der Waals surface area contributed by atoms with Gasteiger partial charge in [-0.2, -0.15) is 13.2 Å². The summed E-state index contributed by atoms with van der Waals surface area (Å²) in [5.74, 6) is 0. The molecular formula is C15H23F3N2. The Hall–Kier alpha value is -1.07. The van der Waals surface area contributed by atoms with Gasteiger partial charge in [0.15, 0.2) is 0 Å². The first kappa shape index (κ1) is 17.0. The molecule has 0 bridgehead atoms. The highest BCUT2D eigenvalue weighted by Crippen LogP contribution is 2.22. The SMILES string of the molecule is CNC(CCN(C)CCC(F)(F)F)c1ccccc1C. The van der Waals surface area contributed by atoms with Crippen molar-refractivity contribution < 1.29 is 13.2 Å². The molecule has 1 aromatic carbocycles. The lowest BCUT2D eigenvalue weighted by molar-refractivity contribution is -0.137. The van der Waals surface area contributed by atoms with Crippen LogP contribution in [-0.2, 0) is 0 Å². The molecule has 0 aliphatic carbocycles. The number of nitrogens with one attached hydrogen (secondary N) is 1. The van der Waals surface area contributed by atoms with Crippen molar-refractivity contribution >= 4 is 0 Å². The second-order valence-electron chi connectivity index (χ2n) is 5.15. The van der Waals surface area contributed by atoms with Crippen LogP contribution in [-0.4, -0.2) is 38.3 Å². The Kier molecular flexibility index (Phi) is 6.49. The summed E-state index contributed by atoms with van der Waals surface area (Å²) in [6, 6.07) is 8.25. The predicted molar refractivity (Wildman–Crippen MR) is 75.8 cm³/mol. The van der Waals surface area contributed by atoms with Crippen LogP contribution in [0.15, 0.2) is 24.3 Å². The molecule has 2 nitrogen and oxygen atoms in total. The zero-order valence-electron chi connectivity index (χ0n) is 12.3. The van der Waals surface area contributed by atoms with E-state index in [9.17, 15) is 13.2 Å². The average Bonchev–Trinajstić information content (AvgIpc) is 2.38. The maximum absolute atomic E-state index is 12.2. The van der Waals surface area contributed by atoms with Crippen molar-refractivity contribution in [2.75, 3.05) is 27.2 Å². The van der Waals surface area contributed by atoms with Crippen molar-refractivity contribution in [2.45, 2.75) is 32.0 Å². The maximum atomic E-state index is 12.2. The summed E-state index contributed by atoms with van der Waals surface area (Å²) in [5, 5.41) is 3.24. The van der Waals surface area contributed by atoms with Crippen LogP contribution in [0.4, 0.5) is 13.2 Å². The molecule has 0 saturated heterocycles. The standard InChI is InChI=1S/C15H23F3N2/c1-12-6-4-5-7-13(12)14(19-2)8-10-20(3)11-9-15(16,17)18/h4-7,14,19H,8-11H2,1-3H3. The van der Waals surface area contributed by atoms with E-state index in [2.05, 4.69) is 11.4 Å². The van der Waals surface area contributed by atoms with E-state index in [1.165, 1.54) is 11.1 Å². The Bertz CT molecular complexity index is 404. The smallest absolute Gasteiger partial charge is 0.313 e. The maximum Gasteiger partial charge on any atom is 0.390 e. The molecule has 0 amide bonds. The molecule has 1 unspecified atom stereocenters. The van der Waals surface area contributed by atoms with E-state index in [-0.39, 0.29) is 12.6 Å². The quantitative estimate of drug-likeness (QED) is 0.825. The highest BCUT2D eigenvalue weighted by atomic mass is 19.4. The van der Waals surface area contributed by atoms with Crippen molar-refractivity contribution in [1.82, 2.24) is 10.2 Å². The van der Waals surface area contributed by atoms with Gasteiger partial charge in [-0.25, -0.2) is 0 Å². The molecule has 1 aromatic rings. The topological polar surface area (TPSA) is 15.3 Å². The number of nitrogens with zero attached hydrogens (tertiary/aromatic N) is 1. The van der Waals surface area contributed by atoms with Crippen LogP contribution in [0, 0.1) is 6.92 Å². The minimum atomic E-state index is -4.08. The summed E-state index contributed by atoms with van der Waals surface area (Å²) >= 11 is 0. The number of hydrogen-bond donors (Lipinski definition) is 1. The molecule has 0 radical (unpaired) electrons. The first-order valence-corrected chi connectivity index (χ1v) is 6.81. The van der Waals surface area contributed by atoms with Gasteiger partial charge >= 0.3 is 6.18 Å². The van der Waals surface area contributed by atoms with E-state index in [1.54, 1.807) is 11.9 Å². The number of rotatable bonds is 7. The summed E-state index contributed by atoms with van der Waals surface area (Å²) in [5.41, 5.74) is 2.41. The molecule has 0 aliphatic heterocycles. The molecule has 0 aliphatic rings. The number of aryl methyl sites for hydroxylation is 1. The molecule has 0 fully saturated rings. The van der Waals surface area contributed by atoms with Crippen LogP contribution in [0.25, 0.3) is 0 Å². The van der Waals surface area contributed by atoms with Crippen molar-refractivity contribution in [3.63, 3.8) is 0 Å². The van der Waals surface area contributed by atoms with E-state index < -0.39 is 12.6 Å². The van der Waals surface area contributed by atoms with Crippen LogP contribution in [0.1, 0.15) is 30.0 Å². The van der Waals surface area contributed by atoms with Crippen molar-refractivity contribution in [2.24, 2.45) is 0 Å². The minimum absolute atomic E-state index is 0.0493. The Morgan fingerprint density at radius 1 is 1.20 bits per heavy atom. The van der Waals surface area contributed by atoms with Gasteiger partial charge in [-0.05, 0) is 45.1 Å². The first-order valence-electron chi connectivity index (χ1n) is 6.81. The minimum Gasteiger partial charge on any atom is -0.313 e. The van der Waals surface area contributed by atoms with Crippen LogP contribution in [0.3, 0.4) is 0 Å². The number of benzene rings is 1. The van der Waals surface area contributed by atoms with Gasteiger partial charge in [0.1, 0.15) is 0 Å². The van der Waals surface area contributed by atoms with Gasteiger partial charge in [-0.15, -0.1) is 0 Å². The predicted octanol–water partition coefficient (Wildman–Crippen LogP) is 3.53. The fraction of sp³-hybridized carbons (Fsp3) is 0.600. The van der Waals surface area contributed by atoms with E-state index in [1.807, 2.05) is 32.2 Å². The molecule has 0 heterocycles. The van der Waals surface area contributed by atoms with Crippen LogP contribution in [0.5, 0.6) is 0 Å². The van der Waals surface area contributed by atoms with Gasteiger partial charge in [0.2, 0.25) is 0 Å². The summed E-state index contributed by atoms with van der Waals surface area (Å²) in [6.07, 6.45) is -4.04. The Morgan fingerprint density at radius 3 is 2.40 bits per heavy atom. The Morgan fingerprint density at radius 2 is 1.85 bits per heavy atom. The monoisotopic (exact) mass is 288 g/mol. The molecule has 20 heavy (non-hydrogen) atoms. The third-order valence-electron chi connectivity index (χ3n) is 3.49. The fourth-order valence-electron chi connectivity index (χ4n) is 2.21. The third-order valence-corrected chi connectivity index (χ3v) is 3.49. The summed E-state index contributed by atoms with van der Waals surface area (Å²) in [4.78, 5) is 1.73. The van der Waals surface area contributed by atoms with Crippen LogP contribution < -0.4 is 5.32 Å². The van der Waals surface area contributed by atoms with Gasteiger partial charge in [-0.1, -0.05) is 24.3 Å².